The normalized spacial score (nSPS) is 26.8. The third-order valence-corrected chi connectivity index (χ3v) is 7.96. The summed E-state index contributed by atoms with van der Waals surface area (Å²) in [6.45, 7) is 10.3. The maximum atomic E-state index is 13.3. The van der Waals surface area contributed by atoms with Crippen LogP contribution in [0, 0.1) is 17.3 Å². The predicted octanol–water partition coefficient (Wildman–Crippen LogP) is 4.39. The van der Waals surface area contributed by atoms with Gasteiger partial charge in [0.25, 0.3) is 5.91 Å². The van der Waals surface area contributed by atoms with Crippen LogP contribution in [0.5, 0.6) is 5.75 Å². The van der Waals surface area contributed by atoms with Gasteiger partial charge in [0.05, 0.1) is 6.61 Å². The Morgan fingerprint density at radius 2 is 1.80 bits per heavy atom. The zero-order valence-electron chi connectivity index (χ0n) is 21.8. The van der Waals surface area contributed by atoms with Gasteiger partial charge in [-0.1, -0.05) is 32.9 Å². The van der Waals surface area contributed by atoms with Gasteiger partial charge in [-0.15, -0.1) is 0 Å². The first-order valence-corrected chi connectivity index (χ1v) is 13.2. The van der Waals surface area contributed by atoms with Crippen LogP contribution in [-0.4, -0.2) is 59.4 Å². The summed E-state index contributed by atoms with van der Waals surface area (Å²) in [6.07, 6.45) is 6.33. The number of piperidine rings is 1. The Morgan fingerprint density at radius 3 is 2.43 bits per heavy atom. The number of hydrogen-bond acceptors (Lipinski definition) is 4. The molecule has 7 heteroatoms. The molecule has 7 nitrogen and oxygen atoms in total. The van der Waals surface area contributed by atoms with Crippen LogP contribution in [0.2, 0.25) is 0 Å². The fraction of sp³-hybridized carbons (Fsp3) is 0.679. The molecule has 1 N–H and O–H groups in total. The number of rotatable bonds is 7. The Balaban J connectivity index is 1.26. The van der Waals surface area contributed by atoms with Gasteiger partial charge in [-0.25, -0.2) is 4.79 Å². The maximum absolute atomic E-state index is 13.3. The van der Waals surface area contributed by atoms with E-state index in [1.807, 2.05) is 24.0 Å². The van der Waals surface area contributed by atoms with Gasteiger partial charge in [0.1, 0.15) is 17.8 Å². The van der Waals surface area contributed by atoms with Gasteiger partial charge < -0.3 is 15.0 Å². The van der Waals surface area contributed by atoms with Gasteiger partial charge in [0, 0.05) is 13.1 Å². The molecule has 2 saturated heterocycles. The van der Waals surface area contributed by atoms with Crippen LogP contribution in [0.4, 0.5) is 4.79 Å². The highest BCUT2D eigenvalue weighted by Crippen LogP contribution is 2.46. The van der Waals surface area contributed by atoms with Crippen molar-refractivity contribution in [1.29, 1.82) is 0 Å². The average molecular weight is 484 g/mol. The lowest BCUT2D eigenvalue weighted by molar-refractivity contribution is -0.141. The molecule has 1 saturated carbocycles. The molecule has 1 aromatic carbocycles. The van der Waals surface area contributed by atoms with E-state index in [-0.39, 0.29) is 23.8 Å². The SMILES string of the molecule is CCOc1ccc(CCC2CCN(C(=O)CN3C(=O)NC4(CC(C)CC(C)(C)C4)C3=O)CC2)cc1. The molecular weight excluding hydrogens is 442 g/mol. The van der Waals surface area contributed by atoms with Crippen molar-refractivity contribution in [2.24, 2.45) is 17.3 Å². The molecule has 2 atom stereocenters. The van der Waals surface area contributed by atoms with Crippen LogP contribution in [0.25, 0.3) is 0 Å². The second-order valence-corrected chi connectivity index (χ2v) is 11.7. The van der Waals surface area contributed by atoms with Gasteiger partial charge in [-0.3, -0.25) is 14.5 Å². The first-order valence-electron chi connectivity index (χ1n) is 13.2. The zero-order chi connectivity index (χ0) is 25.2. The predicted molar refractivity (Wildman–Crippen MR) is 135 cm³/mol. The van der Waals surface area contributed by atoms with Crippen molar-refractivity contribution in [3.63, 3.8) is 0 Å². The highest BCUT2D eigenvalue weighted by atomic mass is 16.5. The van der Waals surface area contributed by atoms with Crippen molar-refractivity contribution in [2.75, 3.05) is 26.2 Å². The molecular formula is C28H41N3O4. The monoisotopic (exact) mass is 483 g/mol. The average Bonchev–Trinajstić information content (AvgIpc) is 3.00. The van der Waals surface area contributed by atoms with E-state index in [0.717, 1.165) is 42.8 Å². The first-order chi connectivity index (χ1) is 16.6. The van der Waals surface area contributed by atoms with E-state index < -0.39 is 11.6 Å². The molecule has 3 fully saturated rings. The lowest BCUT2D eigenvalue weighted by Crippen LogP contribution is -2.54. The molecule has 0 radical (unpaired) electrons. The first kappa shape index (κ1) is 25.5. The van der Waals surface area contributed by atoms with Crippen molar-refractivity contribution in [1.82, 2.24) is 15.1 Å². The molecule has 4 rings (SSSR count). The highest BCUT2D eigenvalue weighted by Gasteiger charge is 2.56. The van der Waals surface area contributed by atoms with E-state index in [2.05, 4.69) is 38.2 Å². The standard InChI is InChI=1S/C28H41N3O4/c1-5-35-23-10-8-21(9-11-23)6-7-22-12-14-30(15-13-22)24(32)18-31-25(33)28(29-26(31)34)17-20(2)16-27(3,4)19-28/h8-11,20,22H,5-7,12-19H2,1-4H3,(H,29,34). The molecule has 3 aliphatic rings. The van der Waals surface area contributed by atoms with Crippen LogP contribution in [-0.2, 0) is 16.0 Å². The van der Waals surface area contributed by atoms with E-state index in [4.69, 9.17) is 4.74 Å². The molecule has 1 aromatic rings. The summed E-state index contributed by atoms with van der Waals surface area (Å²) in [4.78, 5) is 42.1. The Hall–Kier alpha value is -2.57. The molecule has 192 valence electrons. The van der Waals surface area contributed by atoms with Crippen LogP contribution in [0.3, 0.4) is 0 Å². The van der Waals surface area contributed by atoms with Gasteiger partial charge >= 0.3 is 6.03 Å². The number of nitrogens with zero attached hydrogens (tertiary/aromatic N) is 2. The summed E-state index contributed by atoms with van der Waals surface area (Å²) >= 11 is 0. The van der Waals surface area contributed by atoms with E-state index in [1.165, 1.54) is 5.56 Å². The molecule has 2 aliphatic heterocycles. The molecule has 0 bridgehead atoms. The quantitative estimate of drug-likeness (QED) is 0.584. The molecule has 2 unspecified atom stereocenters. The summed E-state index contributed by atoms with van der Waals surface area (Å²) < 4.78 is 5.51. The number of benzene rings is 1. The van der Waals surface area contributed by atoms with Crippen LogP contribution in [0.15, 0.2) is 24.3 Å². The Labute approximate surface area is 209 Å². The van der Waals surface area contributed by atoms with Gasteiger partial charge in [-0.05, 0) is 86.8 Å². The van der Waals surface area contributed by atoms with Crippen molar-refractivity contribution in [2.45, 2.75) is 78.2 Å². The number of aryl methyl sites for hydroxylation is 1. The summed E-state index contributed by atoms with van der Waals surface area (Å²) in [5.41, 5.74) is 0.430. The number of carbonyl (C=O) groups is 3. The third kappa shape index (κ3) is 5.81. The Kier molecular flexibility index (Phi) is 7.43. The van der Waals surface area contributed by atoms with E-state index in [1.54, 1.807) is 0 Å². The second-order valence-electron chi connectivity index (χ2n) is 11.7. The number of ether oxygens (including phenoxy) is 1. The number of nitrogens with one attached hydrogen (secondary N) is 1. The largest absolute Gasteiger partial charge is 0.494 e. The maximum Gasteiger partial charge on any atom is 0.325 e. The smallest absolute Gasteiger partial charge is 0.325 e. The number of likely N-dealkylation sites (tertiary alicyclic amines) is 1. The van der Waals surface area contributed by atoms with Crippen molar-refractivity contribution in [3.05, 3.63) is 29.8 Å². The van der Waals surface area contributed by atoms with Crippen LogP contribution >= 0.6 is 0 Å². The molecule has 1 spiro atoms. The van der Waals surface area contributed by atoms with Gasteiger partial charge in [0.15, 0.2) is 0 Å². The molecule has 1 aliphatic carbocycles. The van der Waals surface area contributed by atoms with Crippen LogP contribution < -0.4 is 10.1 Å². The minimum absolute atomic E-state index is 0.0200. The van der Waals surface area contributed by atoms with E-state index >= 15 is 0 Å². The Bertz CT molecular complexity index is 936. The van der Waals surface area contributed by atoms with Crippen molar-refractivity contribution >= 4 is 17.8 Å². The number of imide groups is 1. The fourth-order valence-electron chi connectivity index (χ4n) is 6.65. The van der Waals surface area contributed by atoms with Crippen molar-refractivity contribution < 1.29 is 19.1 Å². The van der Waals surface area contributed by atoms with Gasteiger partial charge in [-0.2, -0.15) is 0 Å². The molecule has 35 heavy (non-hydrogen) atoms. The molecule has 4 amide bonds. The lowest BCUT2D eigenvalue weighted by Gasteiger charge is -2.43. The second kappa shape index (κ2) is 10.2. The van der Waals surface area contributed by atoms with E-state index in [9.17, 15) is 14.4 Å². The summed E-state index contributed by atoms with van der Waals surface area (Å²) in [6, 6.07) is 7.88. The van der Waals surface area contributed by atoms with Gasteiger partial charge in [0.2, 0.25) is 5.91 Å². The van der Waals surface area contributed by atoms with Crippen molar-refractivity contribution in [3.8, 4) is 5.75 Å². The minimum Gasteiger partial charge on any atom is -0.494 e. The number of amides is 4. The Morgan fingerprint density at radius 1 is 1.11 bits per heavy atom. The summed E-state index contributed by atoms with van der Waals surface area (Å²) in [7, 11) is 0. The number of urea groups is 1. The lowest BCUT2D eigenvalue weighted by atomic mass is 9.64. The highest BCUT2D eigenvalue weighted by molar-refractivity contribution is 6.09. The third-order valence-electron chi connectivity index (χ3n) is 7.96. The fourth-order valence-corrected chi connectivity index (χ4v) is 6.65. The number of hydrogen-bond donors (Lipinski definition) is 1. The topological polar surface area (TPSA) is 79.0 Å². The number of carbonyl (C=O) groups excluding carboxylic acids is 3. The van der Waals surface area contributed by atoms with Crippen LogP contribution in [0.1, 0.15) is 71.8 Å². The van der Waals surface area contributed by atoms with E-state index in [0.29, 0.717) is 44.4 Å². The zero-order valence-corrected chi connectivity index (χ0v) is 21.8. The minimum atomic E-state index is -0.855. The summed E-state index contributed by atoms with van der Waals surface area (Å²) in [5, 5.41) is 2.97. The molecule has 2 heterocycles. The molecule has 0 aromatic heterocycles. The summed E-state index contributed by atoms with van der Waals surface area (Å²) in [5.74, 6) is 1.48.